The molecular formula is C50H82O22. The molecule has 6 saturated heterocycles. The molecule has 10 fully saturated rings. The van der Waals surface area contributed by atoms with Crippen molar-refractivity contribution in [3.05, 3.63) is 0 Å². The van der Waals surface area contributed by atoms with Crippen molar-refractivity contribution in [1.29, 1.82) is 0 Å². The number of aliphatic hydroxyl groups is 12. The van der Waals surface area contributed by atoms with Gasteiger partial charge in [0.05, 0.1) is 45.2 Å². The van der Waals surface area contributed by atoms with Gasteiger partial charge in [-0.3, -0.25) is 0 Å². The maximum absolute atomic E-state index is 11.8. The molecule has 4 aliphatic carbocycles. The van der Waals surface area contributed by atoms with Gasteiger partial charge in [0.25, 0.3) is 0 Å². The van der Waals surface area contributed by atoms with Crippen LogP contribution in [-0.2, 0) is 47.4 Å². The molecule has 0 aromatic carbocycles. The van der Waals surface area contributed by atoms with Crippen LogP contribution in [0.1, 0.15) is 91.9 Å². The summed E-state index contributed by atoms with van der Waals surface area (Å²) in [6.45, 7) is 7.42. The quantitative estimate of drug-likeness (QED) is 0.0971. The second-order valence-corrected chi connectivity index (χ2v) is 23.9. The lowest BCUT2D eigenvalue weighted by Crippen LogP contribution is -2.68. The summed E-state index contributed by atoms with van der Waals surface area (Å²) in [6, 6.07) is 0. The van der Waals surface area contributed by atoms with Crippen molar-refractivity contribution in [2.45, 2.75) is 227 Å². The molecule has 6 aliphatic heterocycles. The van der Waals surface area contributed by atoms with Gasteiger partial charge in [-0.25, -0.2) is 0 Å². The maximum Gasteiger partial charge on any atom is 0.187 e. The molecule has 1 spiro atoms. The molecule has 12 N–H and O–H groups in total. The lowest BCUT2D eigenvalue weighted by Gasteiger charge is -2.61. The first-order chi connectivity index (χ1) is 34.3. The van der Waals surface area contributed by atoms with Crippen molar-refractivity contribution in [3.63, 3.8) is 0 Å². The highest BCUT2D eigenvalue weighted by Gasteiger charge is 2.69. The molecule has 72 heavy (non-hydrogen) atoms. The molecule has 22 nitrogen and oxygen atoms in total. The average Bonchev–Trinajstić information content (AvgIpc) is 3.82. The molecule has 0 aromatic heterocycles. The molecular weight excluding hydrogens is 953 g/mol. The van der Waals surface area contributed by atoms with Gasteiger partial charge in [-0.15, -0.1) is 0 Å². The van der Waals surface area contributed by atoms with Gasteiger partial charge in [0.2, 0.25) is 0 Å². The smallest absolute Gasteiger partial charge is 0.187 e. The van der Waals surface area contributed by atoms with Crippen LogP contribution >= 0.6 is 0 Å². The van der Waals surface area contributed by atoms with Gasteiger partial charge >= 0.3 is 0 Å². The third-order valence-electron chi connectivity index (χ3n) is 20.0. The molecule has 22 heteroatoms. The summed E-state index contributed by atoms with van der Waals surface area (Å²) in [6.07, 6.45) is -22.8. The summed E-state index contributed by atoms with van der Waals surface area (Å²) in [5, 5.41) is 129. The van der Waals surface area contributed by atoms with Gasteiger partial charge in [0.15, 0.2) is 30.9 Å². The summed E-state index contributed by atoms with van der Waals surface area (Å²) in [5.74, 6) is 3.07. The SMILES string of the molecule is CC1C2C(CC3C4CCC5C[C@@H](O[C@@H]6O[C@H](CO)[C@H](O[C@@H]7O[C@H](CO)C(O)[C@H](O[C@@H]8O[C@H](CO)C(O)[C@H](O)C8O)C7O[C@@H]7OCC(O)[C@H](O)C7O)[C@H](O)C6O)CC[C@]5(C)C4CC[C@@]32C)OC12CC[C@@H](C)CO2. The van der Waals surface area contributed by atoms with Gasteiger partial charge < -0.3 is 109 Å². The highest BCUT2D eigenvalue weighted by molar-refractivity contribution is 5.15. The van der Waals surface area contributed by atoms with Crippen LogP contribution in [0.25, 0.3) is 0 Å². The summed E-state index contributed by atoms with van der Waals surface area (Å²) in [5.41, 5.74) is 0.295. The Labute approximate surface area is 419 Å². The molecule has 414 valence electrons. The minimum Gasteiger partial charge on any atom is -0.394 e. The molecule has 0 aromatic rings. The van der Waals surface area contributed by atoms with E-state index in [9.17, 15) is 61.3 Å². The first kappa shape index (κ1) is 54.5. The zero-order valence-electron chi connectivity index (χ0n) is 41.7. The minimum atomic E-state index is -1.98. The van der Waals surface area contributed by atoms with E-state index in [4.69, 9.17) is 47.4 Å². The third-order valence-corrected chi connectivity index (χ3v) is 20.0. The van der Waals surface area contributed by atoms with Crippen LogP contribution in [0.15, 0.2) is 0 Å². The first-order valence-electron chi connectivity index (χ1n) is 26.7. The zero-order chi connectivity index (χ0) is 51.3. The Hall–Kier alpha value is -0.880. The number of fused-ring (bicyclic) bond motifs is 7. The van der Waals surface area contributed by atoms with Gasteiger partial charge in [0.1, 0.15) is 91.6 Å². The molecule has 0 amide bonds. The number of aliphatic hydroxyl groups excluding tert-OH is 12. The molecule has 10 rings (SSSR count). The van der Waals surface area contributed by atoms with E-state index in [2.05, 4.69) is 27.7 Å². The number of hydrogen-bond acceptors (Lipinski definition) is 22. The molecule has 0 bridgehead atoms. The normalized spacial score (nSPS) is 57.8. The first-order valence-corrected chi connectivity index (χ1v) is 26.7. The summed E-state index contributed by atoms with van der Waals surface area (Å²) in [4.78, 5) is 0. The fourth-order valence-electron chi connectivity index (χ4n) is 15.9. The van der Waals surface area contributed by atoms with E-state index in [1.165, 1.54) is 12.8 Å². The Balaban J connectivity index is 0.810. The van der Waals surface area contributed by atoms with E-state index in [0.29, 0.717) is 47.8 Å². The van der Waals surface area contributed by atoms with E-state index < -0.39 is 149 Å². The lowest BCUT2D eigenvalue weighted by atomic mass is 9.44. The third kappa shape index (κ3) is 9.26. The lowest BCUT2D eigenvalue weighted by molar-refractivity contribution is -0.403. The minimum absolute atomic E-state index is 0.0931. The number of hydrogen-bond donors (Lipinski definition) is 12. The van der Waals surface area contributed by atoms with E-state index in [1.807, 2.05) is 0 Å². The molecule has 15 unspecified atom stereocenters. The van der Waals surface area contributed by atoms with Crippen LogP contribution < -0.4 is 0 Å². The monoisotopic (exact) mass is 1030 g/mol. The fraction of sp³-hybridized carbons (Fsp3) is 1.00. The van der Waals surface area contributed by atoms with Crippen LogP contribution in [0.4, 0.5) is 0 Å². The molecule has 10 aliphatic rings. The van der Waals surface area contributed by atoms with Crippen LogP contribution in [0.5, 0.6) is 0 Å². The summed E-state index contributed by atoms with van der Waals surface area (Å²) in [7, 11) is 0. The number of ether oxygens (including phenoxy) is 10. The number of rotatable bonds is 11. The topological polar surface area (TPSA) is 335 Å². The molecule has 31 atom stereocenters. The Morgan fingerprint density at radius 3 is 1.85 bits per heavy atom. The van der Waals surface area contributed by atoms with Crippen LogP contribution in [-0.4, -0.2) is 229 Å². The van der Waals surface area contributed by atoms with Crippen molar-refractivity contribution in [2.75, 3.05) is 33.0 Å². The second-order valence-electron chi connectivity index (χ2n) is 23.9. The summed E-state index contributed by atoms with van der Waals surface area (Å²) >= 11 is 0. The maximum atomic E-state index is 11.8. The predicted molar refractivity (Wildman–Crippen MR) is 242 cm³/mol. The molecule has 0 radical (unpaired) electrons. The second kappa shape index (κ2) is 21.1. The largest absolute Gasteiger partial charge is 0.394 e. The van der Waals surface area contributed by atoms with Gasteiger partial charge in [-0.1, -0.05) is 27.7 Å². The van der Waals surface area contributed by atoms with E-state index in [0.717, 1.165) is 51.6 Å². The van der Waals surface area contributed by atoms with Gasteiger partial charge in [-0.05, 0) is 104 Å². The Kier molecular flexibility index (Phi) is 15.9. The van der Waals surface area contributed by atoms with Crippen LogP contribution in [0.3, 0.4) is 0 Å². The molecule has 6 heterocycles. The van der Waals surface area contributed by atoms with Gasteiger partial charge in [0, 0.05) is 12.3 Å². The zero-order valence-corrected chi connectivity index (χ0v) is 41.7. The van der Waals surface area contributed by atoms with Crippen molar-refractivity contribution in [3.8, 4) is 0 Å². The van der Waals surface area contributed by atoms with E-state index >= 15 is 0 Å². The van der Waals surface area contributed by atoms with Crippen molar-refractivity contribution < 1.29 is 109 Å². The van der Waals surface area contributed by atoms with Crippen molar-refractivity contribution in [1.82, 2.24) is 0 Å². The van der Waals surface area contributed by atoms with E-state index in [1.54, 1.807) is 0 Å². The average molecular weight is 1040 g/mol. The predicted octanol–water partition coefficient (Wildman–Crippen LogP) is -2.27. The van der Waals surface area contributed by atoms with Gasteiger partial charge in [-0.2, -0.15) is 0 Å². The fourth-order valence-corrected chi connectivity index (χ4v) is 15.9. The Morgan fingerprint density at radius 2 is 1.14 bits per heavy atom. The van der Waals surface area contributed by atoms with Crippen LogP contribution in [0, 0.1) is 52.3 Å². The van der Waals surface area contributed by atoms with E-state index in [-0.39, 0.29) is 23.0 Å². The summed E-state index contributed by atoms with van der Waals surface area (Å²) < 4.78 is 61.4. The van der Waals surface area contributed by atoms with Crippen LogP contribution in [0.2, 0.25) is 0 Å². The van der Waals surface area contributed by atoms with Crippen molar-refractivity contribution >= 4 is 0 Å². The van der Waals surface area contributed by atoms with Crippen molar-refractivity contribution in [2.24, 2.45) is 52.3 Å². The standard InChI is InChI=1S/C50H82O22/c1-20-7-12-50(64-18-20)21(2)32-28(72-50)14-26-24-6-5-22-13-23(8-10-48(22,3)25(24)9-11-49(26,32)4)65-45-40(62)37(59)41(31(17-53)68-45)69-47-43(71-44-38(60)33(55)27(54)19-63-44)42(35(57)30(16-52)67-47)70-46-39(61)36(58)34(56)29(15-51)66-46/h20-47,51-62H,5-19H2,1-4H3/t20-,21?,22?,23+,24?,25?,26?,27?,28?,29-,30-,31-,32?,33+,34?,35?,36+,37-,38?,39?,40?,41+,42+,43?,44+,45-,46+,47+,48+,49+,50?/m1/s1. The Bertz CT molecular complexity index is 1830. The molecule has 4 saturated carbocycles. The Morgan fingerprint density at radius 1 is 0.514 bits per heavy atom. The highest BCUT2D eigenvalue weighted by Crippen LogP contribution is 2.71. The highest BCUT2D eigenvalue weighted by atomic mass is 16.8.